The highest BCUT2D eigenvalue weighted by molar-refractivity contribution is 5.85. The number of likely N-dealkylation sites (N-methyl/N-ethyl adjacent to an activating group) is 1. The largest absolute Gasteiger partial charge is 0.490 e. The van der Waals surface area contributed by atoms with Gasteiger partial charge in [0.15, 0.2) is 11.5 Å². The van der Waals surface area contributed by atoms with Crippen LogP contribution < -0.4 is 9.47 Å². The Morgan fingerprint density at radius 3 is 2.27 bits per heavy atom. The molecule has 0 aromatic heterocycles. The maximum Gasteiger partial charge on any atom is 0.161 e. The second-order valence-corrected chi connectivity index (χ2v) is 5.27. The van der Waals surface area contributed by atoms with Gasteiger partial charge in [0.05, 0.1) is 6.61 Å². The van der Waals surface area contributed by atoms with Crippen LogP contribution in [0.1, 0.15) is 6.92 Å². The molecule has 22 heavy (non-hydrogen) atoms. The third-order valence-electron chi connectivity index (χ3n) is 3.61. The van der Waals surface area contributed by atoms with Crippen LogP contribution in [0.2, 0.25) is 0 Å². The minimum atomic E-state index is 0. The Kier molecular flexibility index (Phi) is 8.97. The Bertz CT molecular complexity index is 446. The molecule has 0 saturated carbocycles. The van der Waals surface area contributed by atoms with Gasteiger partial charge in [-0.25, -0.2) is 0 Å². The molecule has 0 bridgehead atoms. The second-order valence-electron chi connectivity index (χ2n) is 5.27. The Morgan fingerprint density at radius 2 is 1.64 bits per heavy atom. The quantitative estimate of drug-likeness (QED) is 0.719. The van der Waals surface area contributed by atoms with Gasteiger partial charge < -0.3 is 14.4 Å². The molecule has 4 nitrogen and oxygen atoms in total. The minimum absolute atomic E-state index is 0. The van der Waals surface area contributed by atoms with Crippen molar-refractivity contribution in [1.29, 1.82) is 0 Å². The van der Waals surface area contributed by atoms with Crippen LogP contribution in [-0.4, -0.2) is 62.8 Å². The predicted molar refractivity (Wildman–Crippen MR) is 93.4 cm³/mol. The van der Waals surface area contributed by atoms with Gasteiger partial charge in [-0.05, 0) is 26.1 Å². The van der Waals surface area contributed by atoms with Gasteiger partial charge in [-0.1, -0.05) is 24.3 Å². The van der Waals surface area contributed by atoms with Crippen LogP contribution in [0.25, 0.3) is 0 Å². The highest BCUT2D eigenvalue weighted by atomic mass is 35.5. The van der Waals surface area contributed by atoms with Crippen LogP contribution in [0.5, 0.6) is 11.5 Å². The van der Waals surface area contributed by atoms with E-state index in [0.717, 1.165) is 44.2 Å². The van der Waals surface area contributed by atoms with Gasteiger partial charge in [-0.3, -0.25) is 4.90 Å². The van der Waals surface area contributed by atoms with Crippen LogP contribution >= 0.6 is 12.4 Å². The van der Waals surface area contributed by atoms with Crippen LogP contribution in [0, 0.1) is 0 Å². The van der Waals surface area contributed by atoms with Crippen molar-refractivity contribution in [1.82, 2.24) is 9.80 Å². The summed E-state index contributed by atoms with van der Waals surface area (Å²) < 4.78 is 11.3. The number of piperazine rings is 1. The van der Waals surface area contributed by atoms with Crippen LogP contribution in [0.15, 0.2) is 36.4 Å². The van der Waals surface area contributed by atoms with Crippen molar-refractivity contribution < 1.29 is 9.47 Å². The van der Waals surface area contributed by atoms with E-state index in [9.17, 15) is 0 Å². The lowest BCUT2D eigenvalue weighted by molar-refractivity contribution is 0.166. The van der Waals surface area contributed by atoms with E-state index in [0.29, 0.717) is 13.2 Å². The van der Waals surface area contributed by atoms with Gasteiger partial charge in [0.2, 0.25) is 0 Å². The molecule has 2 rings (SSSR count). The molecule has 1 aromatic rings. The minimum Gasteiger partial charge on any atom is -0.490 e. The molecule has 0 spiro atoms. The molecular formula is C17H27ClN2O2. The molecule has 124 valence electrons. The predicted octanol–water partition coefficient (Wildman–Crippen LogP) is 2.69. The molecule has 1 aliphatic rings. The van der Waals surface area contributed by atoms with Gasteiger partial charge >= 0.3 is 0 Å². The smallest absolute Gasteiger partial charge is 0.161 e. The number of benzene rings is 1. The van der Waals surface area contributed by atoms with Gasteiger partial charge in [0.25, 0.3) is 0 Å². The molecule has 1 heterocycles. The molecule has 1 aliphatic heterocycles. The lowest BCUT2D eigenvalue weighted by atomic mass is 10.3. The number of ether oxygens (including phenoxy) is 2. The molecule has 0 unspecified atom stereocenters. The highest BCUT2D eigenvalue weighted by Crippen LogP contribution is 2.26. The Balaban J connectivity index is 0.00000242. The maximum absolute atomic E-state index is 5.76. The van der Waals surface area contributed by atoms with Crippen LogP contribution in [0.4, 0.5) is 0 Å². The zero-order valence-electron chi connectivity index (χ0n) is 13.5. The van der Waals surface area contributed by atoms with E-state index in [-0.39, 0.29) is 12.4 Å². The second kappa shape index (κ2) is 10.5. The molecule has 0 radical (unpaired) electrons. The average Bonchev–Trinajstić information content (AvgIpc) is 2.51. The summed E-state index contributed by atoms with van der Waals surface area (Å²) in [6, 6.07) is 7.80. The summed E-state index contributed by atoms with van der Waals surface area (Å²) in [5.41, 5.74) is 0. The third-order valence-corrected chi connectivity index (χ3v) is 3.61. The zero-order valence-corrected chi connectivity index (χ0v) is 14.3. The number of rotatable bonds is 7. The van der Waals surface area contributed by atoms with Crippen molar-refractivity contribution in [3.63, 3.8) is 0 Å². The van der Waals surface area contributed by atoms with Crippen molar-refractivity contribution in [3.05, 3.63) is 36.4 Å². The highest BCUT2D eigenvalue weighted by Gasteiger charge is 2.11. The Labute approximate surface area is 140 Å². The summed E-state index contributed by atoms with van der Waals surface area (Å²) >= 11 is 0. The number of hydrogen-bond acceptors (Lipinski definition) is 4. The van der Waals surface area contributed by atoms with Crippen LogP contribution in [0.3, 0.4) is 0 Å². The standard InChI is InChI=1S/C17H26N2O2.ClH/c1-3-20-16-8-4-5-9-17(16)21-15-7-6-10-19-13-11-18(2)12-14-19;/h4-9H,3,10-15H2,1-2H3;1H. The van der Waals surface area contributed by atoms with Crippen molar-refractivity contribution in [2.24, 2.45) is 0 Å². The molecule has 0 aliphatic carbocycles. The molecule has 1 saturated heterocycles. The summed E-state index contributed by atoms with van der Waals surface area (Å²) in [6.45, 7) is 8.83. The van der Waals surface area contributed by atoms with Crippen LogP contribution in [-0.2, 0) is 0 Å². The average molecular weight is 327 g/mol. The lowest BCUT2D eigenvalue weighted by Crippen LogP contribution is -2.44. The molecule has 5 heteroatoms. The van der Waals surface area contributed by atoms with E-state index >= 15 is 0 Å². The number of para-hydroxylation sites is 2. The SMILES string of the molecule is CCOc1ccccc1OCC=CCN1CCN(C)CC1.Cl. The van der Waals surface area contributed by atoms with E-state index in [1.165, 1.54) is 0 Å². The Morgan fingerprint density at radius 1 is 1.00 bits per heavy atom. The molecule has 0 amide bonds. The van der Waals surface area contributed by atoms with E-state index in [2.05, 4.69) is 29.0 Å². The van der Waals surface area contributed by atoms with Crippen molar-refractivity contribution in [3.8, 4) is 11.5 Å². The first-order valence-corrected chi connectivity index (χ1v) is 7.70. The monoisotopic (exact) mass is 326 g/mol. The van der Waals surface area contributed by atoms with Crippen molar-refractivity contribution in [2.75, 3.05) is 53.0 Å². The molecular weight excluding hydrogens is 300 g/mol. The normalized spacial score (nSPS) is 16.5. The van der Waals surface area contributed by atoms with E-state index in [4.69, 9.17) is 9.47 Å². The summed E-state index contributed by atoms with van der Waals surface area (Å²) in [5.74, 6) is 1.62. The fourth-order valence-electron chi connectivity index (χ4n) is 2.30. The van der Waals surface area contributed by atoms with Gasteiger partial charge in [-0.15, -0.1) is 12.4 Å². The fraction of sp³-hybridized carbons (Fsp3) is 0.529. The molecule has 0 atom stereocenters. The number of halogens is 1. The first-order valence-electron chi connectivity index (χ1n) is 7.70. The summed E-state index contributed by atoms with van der Waals surface area (Å²) in [4.78, 5) is 4.83. The maximum atomic E-state index is 5.76. The first-order chi connectivity index (χ1) is 10.3. The molecule has 0 N–H and O–H groups in total. The van der Waals surface area contributed by atoms with Gasteiger partial charge in [0, 0.05) is 32.7 Å². The van der Waals surface area contributed by atoms with E-state index < -0.39 is 0 Å². The summed E-state index contributed by atoms with van der Waals surface area (Å²) in [7, 11) is 2.18. The number of hydrogen-bond donors (Lipinski definition) is 0. The third kappa shape index (κ3) is 6.26. The lowest BCUT2D eigenvalue weighted by Gasteiger charge is -2.31. The van der Waals surface area contributed by atoms with Crippen molar-refractivity contribution >= 4 is 12.4 Å². The van der Waals surface area contributed by atoms with Crippen molar-refractivity contribution in [2.45, 2.75) is 6.92 Å². The summed E-state index contributed by atoms with van der Waals surface area (Å²) in [5, 5.41) is 0. The topological polar surface area (TPSA) is 24.9 Å². The van der Waals surface area contributed by atoms with Gasteiger partial charge in [-0.2, -0.15) is 0 Å². The zero-order chi connectivity index (χ0) is 14.9. The molecule has 1 aromatic carbocycles. The van der Waals surface area contributed by atoms with E-state index in [1.807, 2.05) is 31.2 Å². The fourth-order valence-corrected chi connectivity index (χ4v) is 2.30. The van der Waals surface area contributed by atoms with E-state index in [1.54, 1.807) is 0 Å². The van der Waals surface area contributed by atoms with Gasteiger partial charge in [0.1, 0.15) is 6.61 Å². The molecule has 1 fully saturated rings. The number of nitrogens with zero attached hydrogens (tertiary/aromatic N) is 2. The first kappa shape index (κ1) is 18.8. The summed E-state index contributed by atoms with van der Waals surface area (Å²) in [6.07, 6.45) is 4.27. The Hall–Kier alpha value is -1.23.